The van der Waals surface area contributed by atoms with Gasteiger partial charge in [0.2, 0.25) is 0 Å². The van der Waals surface area contributed by atoms with E-state index in [-0.39, 0.29) is 0 Å². The van der Waals surface area contributed by atoms with E-state index in [9.17, 15) is 0 Å². The monoisotopic (exact) mass is 271 g/mol. The Balaban J connectivity index is 1.46. The predicted molar refractivity (Wildman–Crippen MR) is 81.9 cm³/mol. The highest BCUT2D eigenvalue weighted by Gasteiger charge is 2.39. The highest BCUT2D eigenvalue weighted by atomic mass is 15.3. The van der Waals surface area contributed by atoms with Crippen LogP contribution in [0, 0.1) is 11.8 Å². The van der Waals surface area contributed by atoms with Gasteiger partial charge in [-0.15, -0.1) is 0 Å². The fourth-order valence-electron chi connectivity index (χ4n) is 4.59. The molecule has 1 aliphatic carbocycles. The SMILES string of the molecule is c1ccc(N2CCN3C[C@H]4CCCC[C@H]4C[C@@H]3C2)nc1. The van der Waals surface area contributed by atoms with Crippen molar-refractivity contribution in [1.29, 1.82) is 0 Å². The molecule has 0 amide bonds. The molecule has 1 aromatic heterocycles. The molecule has 0 N–H and O–H groups in total. The van der Waals surface area contributed by atoms with E-state index in [2.05, 4.69) is 26.9 Å². The zero-order chi connectivity index (χ0) is 13.4. The quantitative estimate of drug-likeness (QED) is 0.783. The lowest BCUT2D eigenvalue weighted by Gasteiger charge is -2.50. The smallest absolute Gasteiger partial charge is 0.128 e. The highest BCUT2D eigenvalue weighted by molar-refractivity contribution is 5.38. The van der Waals surface area contributed by atoms with Gasteiger partial charge in [-0.05, 0) is 36.8 Å². The number of hydrogen-bond acceptors (Lipinski definition) is 3. The summed E-state index contributed by atoms with van der Waals surface area (Å²) >= 11 is 0. The van der Waals surface area contributed by atoms with Crippen molar-refractivity contribution in [2.24, 2.45) is 11.8 Å². The highest BCUT2D eigenvalue weighted by Crippen LogP contribution is 2.39. The molecule has 3 atom stereocenters. The van der Waals surface area contributed by atoms with E-state index in [0.717, 1.165) is 30.2 Å². The number of rotatable bonds is 1. The van der Waals surface area contributed by atoms with E-state index >= 15 is 0 Å². The number of piperidine rings is 1. The Labute approximate surface area is 122 Å². The van der Waals surface area contributed by atoms with Crippen molar-refractivity contribution in [3.63, 3.8) is 0 Å². The van der Waals surface area contributed by atoms with Gasteiger partial charge in [-0.2, -0.15) is 0 Å². The number of nitrogens with zero attached hydrogens (tertiary/aromatic N) is 3. The molecule has 0 radical (unpaired) electrons. The van der Waals surface area contributed by atoms with Crippen LogP contribution in [0.5, 0.6) is 0 Å². The minimum Gasteiger partial charge on any atom is -0.354 e. The number of anilines is 1. The Bertz CT molecular complexity index is 447. The molecule has 3 heterocycles. The lowest BCUT2D eigenvalue weighted by atomic mass is 9.72. The molecule has 108 valence electrons. The number of fused-ring (bicyclic) bond motifs is 2. The number of aromatic nitrogens is 1. The predicted octanol–water partition coefficient (Wildman–Crippen LogP) is 2.78. The molecule has 3 fully saturated rings. The maximum atomic E-state index is 4.53. The normalized spacial score (nSPS) is 34.4. The van der Waals surface area contributed by atoms with Crippen LogP contribution in [0.3, 0.4) is 0 Å². The standard InChI is InChI=1S/C17H25N3/c1-2-6-15-12-19-9-10-20(17-7-3-4-8-18-17)13-16(19)11-14(15)5-1/h3-4,7-8,14-16H,1-2,5-6,9-13H2/t14-,15+,16+/m0/s1. The fraction of sp³-hybridized carbons (Fsp3) is 0.706. The molecule has 3 heteroatoms. The van der Waals surface area contributed by atoms with Crippen molar-refractivity contribution in [3.05, 3.63) is 24.4 Å². The van der Waals surface area contributed by atoms with Gasteiger partial charge in [-0.3, -0.25) is 4.90 Å². The number of piperazine rings is 1. The summed E-state index contributed by atoms with van der Waals surface area (Å²) in [5.41, 5.74) is 0. The molecular formula is C17H25N3. The molecule has 2 aliphatic heterocycles. The Morgan fingerprint density at radius 2 is 1.90 bits per heavy atom. The van der Waals surface area contributed by atoms with Crippen LogP contribution in [-0.2, 0) is 0 Å². The van der Waals surface area contributed by atoms with E-state index in [1.165, 1.54) is 51.7 Å². The van der Waals surface area contributed by atoms with Crippen LogP contribution in [0.2, 0.25) is 0 Å². The Morgan fingerprint density at radius 1 is 1.00 bits per heavy atom. The molecule has 4 rings (SSSR count). The first kappa shape index (κ1) is 12.6. The Hall–Kier alpha value is -1.09. The Morgan fingerprint density at radius 3 is 2.75 bits per heavy atom. The van der Waals surface area contributed by atoms with Crippen LogP contribution in [0.4, 0.5) is 5.82 Å². The van der Waals surface area contributed by atoms with E-state index in [4.69, 9.17) is 0 Å². The van der Waals surface area contributed by atoms with E-state index in [1.54, 1.807) is 0 Å². The average molecular weight is 271 g/mol. The third kappa shape index (κ3) is 2.32. The van der Waals surface area contributed by atoms with Gasteiger partial charge < -0.3 is 4.90 Å². The summed E-state index contributed by atoms with van der Waals surface area (Å²) in [5.74, 6) is 3.17. The summed E-state index contributed by atoms with van der Waals surface area (Å²) in [4.78, 5) is 9.79. The van der Waals surface area contributed by atoms with Crippen LogP contribution in [0.25, 0.3) is 0 Å². The molecule has 20 heavy (non-hydrogen) atoms. The van der Waals surface area contributed by atoms with Gasteiger partial charge in [0.25, 0.3) is 0 Å². The van der Waals surface area contributed by atoms with Crippen LogP contribution in [0.15, 0.2) is 24.4 Å². The lowest BCUT2D eigenvalue weighted by molar-refractivity contribution is 0.0319. The van der Waals surface area contributed by atoms with Gasteiger partial charge in [-0.25, -0.2) is 4.98 Å². The van der Waals surface area contributed by atoms with Gasteiger partial charge in [0.1, 0.15) is 5.82 Å². The maximum absolute atomic E-state index is 4.53. The van der Waals surface area contributed by atoms with Gasteiger partial charge in [0.15, 0.2) is 0 Å². The summed E-state index contributed by atoms with van der Waals surface area (Å²) in [7, 11) is 0. The first-order chi connectivity index (χ1) is 9.90. The molecule has 0 bridgehead atoms. The second-order valence-corrected chi connectivity index (χ2v) is 6.82. The molecule has 3 nitrogen and oxygen atoms in total. The maximum Gasteiger partial charge on any atom is 0.128 e. The van der Waals surface area contributed by atoms with E-state index in [0.29, 0.717) is 0 Å². The van der Waals surface area contributed by atoms with Crippen molar-refractivity contribution in [1.82, 2.24) is 9.88 Å². The molecular weight excluding hydrogens is 246 g/mol. The van der Waals surface area contributed by atoms with Gasteiger partial charge in [-0.1, -0.05) is 25.3 Å². The van der Waals surface area contributed by atoms with Crippen molar-refractivity contribution < 1.29 is 0 Å². The first-order valence-electron chi connectivity index (χ1n) is 8.30. The molecule has 2 saturated heterocycles. The van der Waals surface area contributed by atoms with Crippen molar-refractivity contribution in [2.75, 3.05) is 31.1 Å². The number of pyridine rings is 1. The zero-order valence-electron chi connectivity index (χ0n) is 12.2. The third-order valence-electron chi connectivity index (χ3n) is 5.69. The Kier molecular flexibility index (Phi) is 3.39. The van der Waals surface area contributed by atoms with Crippen LogP contribution in [-0.4, -0.2) is 42.1 Å². The molecule has 1 saturated carbocycles. The molecule has 0 aromatic carbocycles. The van der Waals surface area contributed by atoms with Gasteiger partial charge in [0, 0.05) is 38.4 Å². The minimum atomic E-state index is 0.769. The second kappa shape index (κ2) is 5.36. The molecule has 0 spiro atoms. The summed E-state index contributed by atoms with van der Waals surface area (Å²) in [6.45, 7) is 4.92. The third-order valence-corrected chi connectivity index (χ3v) is 5.69. The van der Waals surface area contributed by atoms with Gasteiger partial charge >= 0.3 is 0 Å². The molecule has 3 aliphatic rings. The van der Waals surface area contributed by atoms with Crippen LogP contribution >= 0.6 is 0 Å². The van der Waals surface area contributed by atoms with Crippen molar-refractivity contribution >= 4 is 5.82 Å². The molecule has 1 aromatic rings. The van der Waals surface area contributed by atoms with Crippen LogP contribution in [0.1, 0.15) is 32.1 Å². The fourth-order valence-corrected chi connectivity index (χ4v) is 4.59. The second-order valence-electron chi connectivity index (χ2n) is 6.82. The van der Waals surface area contributed by atoms with Crippen molar-refractivity contribution in [3.8, 4) is 0 Å². The summed E-state index contributed by atoms with van der Waals surface area (Å²) in [6, 6.07) is 7.03. The first-order valence-corrected chi connectivity index (χ1v) is 8.30. The average Bonchev–Trinajstić information content (AvgIpc) is 2.53. The van der Waals surface area contributed by atoms with Gasteiger partial charge in [0.05, 0.1) is 0 Å². The zero-order valence-corrected chi connectivity index (χ0v) is 12.2. The summed E-state index contributed by atoms with van der Waals surface area (Å²) in [6.07, 6.45) is 9.25. The molecule has 0 unspecified atom stereocenters. The largest absolute Gasteiger partial charge is 0.354 e. The van der Waals surface area contributed by atoms with E-state index in [1.807, 2.05) is 12.3 Å². The topological polar surface area (TPSA) is 19.4 Å². The summed E-state index contributed by atoms with van der Waals surface area (Å²) in [5, 5.41) is 0. The minimum absolute atomic E-state index is 0.769. The summed E-state index contributed by atoms with van der Waals surface area (Å²) < 4.78 is 0. The van der Waals surface area contributed by atoms with E-state index < -0.39 is 0 Å². The lowest BCUT2D eigenvalue weighted by Crippen LogP contribution is -2.58. The van der Waals surface area contributed by atoms with Crippen LogP contribution < -0.4 is 4.90 Å². The number of hydrogen-bond donors (Lipinski definition) is 0. The van der Waals surface area contributed by atoms with Crippen molar-refractivity contribution in [2.45, 2.75) is 38.1 Å².